The van der Waals surface area contributed by atoms with E-state index >= 15 is 0 Å². The van der Waals surface area contributed by atoms with E-state index in [1.807, 2.05) is 18.7 Å². The number of hydrogen-bond donors (Lipinski definition) is 2. The Bertz CT molecular complexity index is 998. The first-order chi connectivity index (χ1) is 18.0. The minimum Gasteiger partial charge on any atom is -0.379 e. The van der Waals surface area contributed by atoms with Crippen molar-refractivity contribution < 1.29 is 14.3 Å². The van der Waals surface area contributed by atoms with Crippen LogP contribution in [0.2, 0.25) is 0 Å². The number of amides is 1. The van der Waals surface area contributed by atoms with Crippen LogP contribution in [-0.2, 0) is 9.47 Å². The average molecular weight is 510 g/mol. The molecule has 8 nitrogen and oxygen atoms in total. The molecule has 4 aliphatic rings. The normalized spacial score (nSPS) is 30.2. The number of methoxy groups -OCH3 is 1. The van der Waals surface area contributed by atoms with E-state index in [0.29, 0.717) is 42.0 Å². The van der Waals surface area contributed by atoms with Crippen LogP contribution in [-0.4, -0.2) is 78.9 Å². The lowest BCUT2D eigenvalue weighted by atomic mass is 9.67. The number of rotatable bonds is 8. The zero-order valence-corrected chi connectivity index (χ0v) is 22.6. The van der Waals surface area contributed by atoms with E-state index in [0.717, 1.165) is 62.8 Å². The molecule has 0 aromatic carbocycles. The molecule has 0 spiro atoms. The Labute approximate surface area is 221 Å². The molecule has 2 aliphatic carbocycles. The molecular formula is C29H43N5O3. The van der Waals surface area contributed by atoms with Gasteiger partial charge in [-0.15, -0.1) is 0 Å². The molecule has 0 bridgehead atoms. The summed E-state index contributed by atoms with van der Waals surface area (Å²) < 4.78 is 11.1. The largest absolute Gasteiger partial charge is 0.379 e. The lowest BCUT2D eigenvalue weighted by molar-refractivity contribution is -0.0533. The van der Waals surface area contributed by atoms with Crippen LogP contribution in [0.5, 0.6) is 0 Å². The summed E-state index contributed by atoms with van der Waals surface area (Å²) in [5, 5.41) is 7.32. The van der Waals surface area contributed by atoms with Gasteiger partial charge in [0.2, 0.25) is 0 Å². The first-order valence-electron chi connectivity index (χ1n) is 14.1. The Hall–Kier alpha value is -2.29. The SMILES string of the molecule is CO[C@@H]1COCC[C@@H]1NC1CCN(C(=O)c2nc(C)nc(NCC3CC(C4C=CC=CC4)C3)c2C)CC1. The van der Waals surface area contributed by atoms with E-state index in [4.69, 9.17) is 9.47 Å². The van der Waals surface area contributed by atoms with Gasteiger partial charge in [-0.3, -0.25) is 4.79 Å². The summed E-state index contributed by atoms with van der Waals surface area (Å²) in [6.07, 6.45) is 15.6. The molecule has 37 heavy (non-hydrogen) atoms. The Morgan fingerprint density at radius 3 is 2.70 bits per heavy atom. The van der Waals surface area contributed by atoms with Crippen molar-refractivity contribution in [2.24, 2.45) is 17.8 Å². The van der Waals surface area contributed by atoms with Gasteiger partial charge in [-0.25, -0.2) is 9.97 Å². The molecule has 8 heteroatoms. The number of ether oxygens (including phenoxy) is 2. The highest BCUT2D eigenvalue weighted by molar-refractivity contribution is 5.94. The van der Waals surface area contributed by atoms with E-state index in [-0.39, 0.29) is 12.0 Å². The third kappa shape index (κ3) is 6.24. The van der Waals surface area contributed by atoms with E-state index < -0.39 is 0 Å². The fraction of sp³-hybridized carbons (Fsp3) is 0.690. The fourth-order valence-electron chi connectivity index (χ4n) is 6.34. The smallest absolute Gasteiger partial charge is 0.272 e. The number of allylic oxidation sites excluding steroid dienone is 4. The van der Waals surface area contributed by atoms with Crippen molar-refractivity contribution in [1.29, 1.82) is 0 Å². The number of nitrogens with one attached hydrogen (secondary N) is 2. The molecule has 2 aliphatic heterocycles. The number of carbonyl (C=O) groups excluding carboxylic acids is 1. The van der Waals surface area contributed by atoms with Gasteiger partial charge in [0, 0.05) is 51.0 Å². The van der Waals surface area contributed by atoms with Crippen molar-refractivity contribution in [2.75, 3.05) is 45.3 Å². The maximum Gasteiger partial charge on any atom is 0.272 e. The lowest BCUT2D eigenvalue weighted by Gasteiger charge is -2.40. The number of anilines is 1. The van der Waals surface area contributed by atoms with Gasteiger partial charge in [-0.2, -0.15) is 0 Å². The minimum absolute atomic E-state index is 0.0196. The highest BCUT2D eigenvalue weighted by Crippen LogP contribution is 2.41. The summed E-state index contributed by atoms with van der Waals surface area (Å²) in [5.41, 5.74) is 1.40. The van der Waals surface area contributed by atoms with Crippen LogP contribution in [0.1, 0.15) is 60.4 Å². The number of aromatic nitrogens is 2. The van der Waals surface area contributed by atoms with Crippen LogP contribution in [0.4, 0.5) is 5.82 Å². The van der Waals surface area contributed by atoms with Crippen molar-refractivity contribution in [3.05, 3.63) is 41.4 Å². The predicted octanol–water partition coefficient (Wildman–Crippen LogP) is 3.66. The summed E-state index contributed by atoms with van der Waals surface area (Å²) in [6.45, 7) is 7.63. The van der Waals surface area contributed by atoms with Crippen LogP contribution in [0.25, 0.3) is 0 Å². The molecule has 3 heterocycles. The molecule has 5 rings (SSSR count). The van der Waals surface area contributed by atoms with Crippen LogP contribution >= 0.6 is 0 Å². The van der Waals surface area contributed by atoms with Crippen molar-refractivity contribution in [3.8, 4) is 0 Å². The number of aryl methyl sites for hydroxylation is 1. The van der Waals surface area contributed by atoms with E-state index in [1.54, 1.807) is 7.11 Å². The van der Waals surface area contributed by atoms with Crippen molar-refractivity contribution in [1.82, 2.24) is 20.2 Å². The van der Waals surface area contributed by atoms with Crippen LogP contribution in [0, 0.1) is 31.6 Å². The topological polar surface area (TPSA) is 88.6 Å². The monoisotopic (exact) mass is 509 g/mol. The zero-order valence-electron chi connectivity index (χ0n) is 22.6. The number of hydrogen-bond acceptors (Lipinski definition) is 7. The molecule has 1 unspecified atom stereocenters. The van der Waals surface area contributed by atoms with Crippen molar-refractivity contribution >= 4 is 11.7 Å². The van der Waals surface area contributed by atoms with Crippen LogP contribution in [0.3, 0.4) is 0 Å². The standard InChI is InChI=1S/C29H43N5O3/c1-19-27(29(35)34-12-9-24(10-13-34)33-25-11-14-37-18-26(25)36-3)31-20(2)32-28(19)30-17-21-15-23(16-21)22-7-5-4-6-8-22/h4-7,21-26,33H,8-18H2,1-3H3,(H,30,31,32)/t21?,22?,23?,25-,26+/m0/s1. The molecule has 1 saturated carbocycles. The molecule has 2 N–H and O–H groups in total. The number of nitrogens with zero attached hydrogens (tertiary/aromatic N) is 3. The summed E-state index contributed by atoms with van der Waals surface area (Å²) in [5.74, 6) is 3.63. The summed E-state index contributed by atoms with van der Waals surface area (Å²) in [6, 6.07) is 0.704. The third-order valence-corrected chi connectivity index (χ3v) is 8.75. The second-order valence-electron chi connectivity index (χ2n) is 11.3. The van der Waals surface area contributed by atoms with Gasteiger partial charge >= 0.3 is 0 Å². The van der Waals surface area contributed by atoms with Crippen molar-refractivity contribution in [3.63, 3.8) is 0 Å². The predicted molar refractivity (Wildman–Crippen MR) is 145 cm³/mol. The summed E-state index contributed by atoms with van der Waals surface area (Å²) in [4.78, 5) is 24.7. The minimum atomic E-state index is 0.0196. The highest BCUT2D eigenvalue weighted by atomic mass is 16.5. The molecule has 1 aromatic heterocycles. The van der Waals surface area contributed by atoms with Gasteiger partial charge in [0.05, 0.1) is 12.7 Å². The van der Waals surface area contributed by atoms with E-state index in [2.05, 4.69) is 44.9 Å². The highest BCUT2D eigenvalue weighted by Gasteiger charge is 2.34. The number of piperidine rings is 1. The molecule has 1 aromatic rings. The first kappa shape index (κ1) is 26.3. The van der Waals surface area contributed by atoms with E-state index in [9.17, 15) is 4.79 Å². The molecule has 2 saturated heterocycles. The molecular weight excluding hydrogens is 466 g/mol. The number of likely N-dealkylation sites (tertiary alicyclic amines) is 1. The first-order valence-corrected chi connectivity index (χ1v) is 14.1. The Morgan fingerprint density at radius 2 is 1.97 bits per heavy atom. The van der Waals surface area contributed by atoms with Gasteiger partial charge in [0.25, 0.3) is 5.91 Å². The molecule has 3 atom stereocenters. The van der Waals surface area contributed by atoms with Crippen LogP contribution < -0.4 is 10.6 Å². The van der Waals surface area contributed by atoms with Gasteiger partial charge < -0.3 is 25.0 Å². The maximum absolute atomic E-state index is 13.5. The van der Waals surface area contributed by atoms with E-state index in [1.165, 1.54) is 19.3 Å². The van der Waals surface area contributed by atoms with Crippen LogP contribution in [0.15, 0.2) is 24.3 Å². The van der Waals surface area contributed by atoms with Gasteiger partial charge in [0.1, 0.15) is 17.3 Å². The Balaban J connectivity index is 1.12. The quantitative estimate of drug-likeness (QED) is 0.553. The van der Waals surface area contributed by atoms with Gasteiger partial charge in [0.15, 0.2) is 0 Å². The maximum atomic E-state index is 13.5. The summed E-state index contributed by atoms with van der Waals surface area (Å²) in [7, 11) is 1.75. The average Bonchev–Trinajstić information content (AvgIpc) is 2.90. The van der Waals surface area contributed by atoms with Gasteiger partial charge in [-0.1, -0.05) is 24.3 Å². The molecule has 3 fully saturated rings. The Kier molecular flexibility index (Phi) is 8.57. The second-order valence-corrected chi connectivity index (χ2v) is 11.3. The summed E-state index contributed by atoms with van der Waals surface area (Å²) >= 11 is 0. The third-order valence-electron chi connectivity index (χ3n) is 8.75. The molecule has 202 valence electrons. The second kappa shape index (κ2) is 12.0. The Morgan fingerprint density at radius 1 is 1.16 bits per heavy atom. The fourth-order valence-corrected chi connectivity index (χ4v) is 6.34. The van der Waals surface area contributed by atoms with Crippen molar-refractivity contribution in [2.45, 2.75) is 70.6 Å². The molecule has 1 amide bonds. The van der Waals surface area contributed by atoms with Gasteiger partial charge in [-0.05, 0) is 70.1 Å². The lowest BCUT2D eigenvalue weighted by Crippen LogP contribution is -2.54. The zero-order chi connectivity index (χ0) is 25.8. The number of carbonyl (C=O) groups is 1. The molecule has 0 radical (unpaired) electrons.